The van der Waals surface area contributed by atoms with Gasteiger partial charge >= 0.3 is 0 Å². The Morgan fingerprint density at radius 1 is 1.19 bits per heavy atom. The maximum Gasteiger partial charge on any atom is 0.192 e. The van der Waals surface area contributed by atoms with Crippen molar-refractivity contribution in [2.45, 2.75) is 13.0 Å². The molecule has 3 aromatic rings. The Balaban J connectivity index is 1.59. The second-order valence-corrected chi connectivity index (χ2v) is 6.19. The van der Waals surface area contributed by atoms with Gasteiger partial charge in [0, 0.05) is 23.8 Å². The number of hydrogen-bond donors (Lipinski definition) is 0. The molecule has 0 atom stereocenters. The Hall–Kier alpha value is -3.21. The molecule has 0 amide bonds. The number of fused-ring (bicyclic) bond motifs is 1. The van der Waals surface area contributed by atoms with Crippen LogP contribution in [0.2, 0.25) is 0 Å². The number of carbonyl (C=O) groups is 1. The van der Waals surface area contributed by atoms with Gasteiger partial charge < -0.3 is 4.74 Å². The minimum Gasteiger partial charge on any atom is -0.492 e. The van der Waals surface area contributed by atoms with E-state index < -0.39 is 5.82 Å². The third-order valence-corrected chi connectivity index (χ3v) is 4.29. The SMILES string of the molecule is O=C1/C(=C\c2cnn(Cc3ccccc3)c2)CCOc2ccc(F)cc21. The molecule has 4 nitrogen and oxygen atoms in total. The van der Waals surface area contributed by atoms with Crippen LogP contribution in [0.4, 0.5) is 4.39 Å². The van der Waals surface area contributed by atoms with Gasteiger partial charge in [-0.15, -0.1) is 0 Å². The molecule has 130 valence electrons. The zero-order valence-corrected chi connectivity index (χ0v) is 14.1. The van der Waals surface area contributed by atoms with Crippen LogP contribution in [-0.2, 0) is 6.54 Å². The van der Waals surface area contributed by atoms with Crippen LogP contribution in [0.3, 0.4) is 0 Å². The van der Waals surface area contributed by atoms with Crippen LogP contribution < -0.4 is 4.74 Å². The van der Waals surface area contributed by atoms with Crippen molar-refractivity contribution in [2.24, 2.45) is 0 Å². The van der Waals surface area contributed by atoms with Crippen LogP contribution in [0.1, 0.15) is 27.9 Å². The van der Waals surface area contributed by atoms with Gasteiger partial charge in [-0.3, -0.25) is 9.48 Å². The first-order valence-corrected chi connectivity index (χ1v) is 8.43. The smallest absolute Gasteiger partial charge is 0.192 e. The molecule has 1 aromatic heterocycles. The molecule has 4 rings (SSSR count). The summed E-state index contributed by atoms with van der Waals surface area (Å²) in [6.07, 6.45) is 5.90. The second-order valence-electron chi connectivity index (χ2n) is 6.19. The van der Waals surface area contributed by atoms with Crippen molar-refractivity contribution in [1.29, 1.82) is 0 Å². The molecule has 1 aliphatic rings. The monoisotopic (exact) mass is 348 g/mol. The first-order valence-electron chi connectivity index (χ1n) is 8.43. The van der Waals surface area contributed by atoms with Gasteiger partial charge in [-0.25, -0.2) is 4.39 Å². The van der Waals surface area contributed by atoms with Crippen molar-refractivity contribution < 1.29 is 13.9 Å². The Labute approximate surface area is 150 Å². The number of ketones is 1. The summed E-state index contributed by atoms with van der Waals surface area (Å²) in [5.41, 5.74) is 2.85. The molecular formula is C21H17FN2O2. The van der Waals surface area contributed by atoms with E-state index in [9.17, 15) is 9.18 Å². The van der Waals surface area contributed by atoms with Crippen molar-refractivity contribution in [3.63, 3.8) is 0 Å². The number of halogens is 1. The molecule has 0 unspecified atom stereocenters. The fourth-order valence-electron chi connectivity index (χ4n) is 3.01. The lowest BCUT2D eigenvalue weighted by molar-refractivity contribution is 0.103. The Bertz CT molecular complexity index is 977. The number of aromatic nitrogens is 2. The quantitative estimate of drug-likeness (QED) is 0.669. The van der Waals surface area contributed by atoms with Gasteiger partial charge in [0.2, 0.25) is 0 Å². The normalized spacial score (nSPS) is 15.4. The minimum atomic E-state index is -0.447. The number of ether oxygens (including phenoxy) is 1. The van der Waals surface area contributed by atoms with Gasteiger partial charge in [-0.1, -0.05) is 30.3 Å². The van der Waals surface area contributed by atoms with Crippen LogP contribution in [-0.4, -0.2) is 22.2 Å². The molecule has 0 aliphatic carbocycles. The lowest BCUT2D eigenvalue weighted by Crippen LogP contribution is -2.02. The van der Waals surface area contributed by atoms with Crippen molar-refractivity contribution in [2.75, 3.05) is 6.61 Å². The van der Waals surface area contributed by atoms with Gasteiger partial charge in [0.15, 0.2) is 5.78 Å². The highest BCUT2D eigenvalue weighted by atomic mass is 19.1. The van der Waals surface area contributed by atoms with Gasteiger partial charge in [0.05, 0.1) is 24.9 Å². The number of carbonyl (C=O) groups excluding carboxylic acids is 1. The largest absolute Gasteiger partial charge is 0.492 e. The molecular weight excluding hydrogens is 331 g/mol. The van der Waals surface area contributed by atoms with Crippen LogP contribution in [0, 0.1) is 5.82 Å². The first kappa shape index (κ1) is 16.3. The molecule has 0 radical (unpaired) electrons. The Morgan fingerprint density at radius 3 is 2.88 bits per heavy atom. The predicted octanol–water partition coefficient (Wildman–Crippen LogP) is 4.12. The summed E-state index contributed by atoms with van der Waals surface area (Å²) in [5, 5.41) is 4.35. The third-order valence-electron chi connectivity index (χ3n) is 4.29. The topological polar surface area (TPSA) is 44.1 Å². The van der Waals surface area contributed by atoms with Crippen LogP contribution in [0.15, 0.2) is 66.5 Å². The molecule has 0 saturated carbocycles. The summed E-state index contributed by atoms with van der Waals surface area (Å²) >= 11 is 0. The number of Topliss-reactive ketones (excluding diaryl/α,β-unsaturated/α-hetero) is 1. The van der Waals surface area contributed by atoms with Gasteiger partial charge in [-0.2, -0.15) is 5.10 Å². The van der Waals surface area contributed by atoms with Gasteiger partial charge in [-0.05, 0) is 29.8 Å². The van der Waals surface area contributed by atoms with Crippen LogP contribution in [0.5, 0.6) is 5.75 Å². The van der Waals surface area contributed by atoms with E-state index >= 15 is 0 Å². The summed E-state index contributed by atoms with van der Waals surface area (Å²) in [7, 11) is 0. The van der Waals surface area contributed by atoms with E-state index in [1.807, 2.05) is 41.2 Å². The zero-order chi connectivity index (χ0) is 17.9. The Kier molecular flexibility index (Phi) is 4.35. The molecule has 0 fully saturated rings. The van der Waals surface area contributed by atoms with Crippen LogP contribution >= 0.6 is 0 Å². The zero-order valence-electron chi connectivity index (χ0n) is 14.1. The van der Waals surface area contributed by atoms with E-state index in [0.29, 0.717) is 30.9 Å². The van der Waals surface area contributed by atoms with E-state index in [0.717, 1.165) is 11.1 Å². The highest BCUT2D eigenvalue weighted by Crippen LogP contribution is 2.28. The van der Waals surface area contributed by atoms with Gasteiger partial charge in [0.25, 0.3) is 0 Å². The maximum absolute atomic E-state index is 13.5. The van der Waals surface area contributed by atoms with E-state index in [4.69, 9.17) is 4.74 Å². The number of nitrogens with zero attached hydrogens (tertiary/aromatic N) is 2. The number of hydrogen-bond acceptors (Lipinski definition) is 3. The van der Waals surface area contributed by atoms with E-state index in [1.165, 1.54) is 18.2 Å². The fourth-order valence-corrected chi connectivity index (χ4v) is 3.01. The molecule has 0 N–H and O–H groups in total. The number of rotatable bonds is 3. The lowest BCUT2D eigenvalue weighted by Gasteiger charge is -2.04. The fraction of sp³-hybridized carbons (Fsp3) is 0.143. The molecule has 0 spiro atoms. The second kappa shape index (κ2) is 6.96. The summed E-state index contributed by atoms with van der Waals surface area (Å²) in [4.78, 5) is 12.7. The molecule has 5 heteroatoms. The first-order chi connectivity index (χ1) is 12.7. The van der Waals surface area contributed by atoms with Crippen molar-refractivity contribution in [1.82, 2.24) is 9.78 Å². The van der Waals surface area contributed by atoms with Crippen molar-refractivity contribution >= 4 is 11.9 Å². The maximum atomic E-state index is 13.5. The van der Waals surface area contributed by atoms with Gasteiger partial charge in [0.1, 0.15) is 11.6 Å². The average molecular weight is 348 g/mol. The molecule has 0 bridgehead atoms. The summed E-state index contributed by atoms with van der Waals surface area (Å²) in [5.74, 6) is -0.218. The summed E-state index contributed by atoms with van der Waals surface area (Å²) < 4.78 is 20.9. The lowest BCUT2D eigenvalue weighted by atomic mass is 10.00. The highest BCUT2D eigenvalue weighted by Gasteiger charge is 2.22. The van der Waals surface area contributed by atoms with Crippen molar-refractivity contribution in [3.05, 3.63) is 89.0 Å². The molecule has 26 heavy (non-hydrogen) atoms. The summed E-state index contributed by atoms with van der Waals surface area (Å²) in [6, 6.07) is 14.1. The standard InChI is InChI=1S/C21H17FN2O2/c22-18-6-7-20-19(11-18)21(25)17(8-9-26-20)10-16-12-23-24(14-16)13-15-4-2-1-3-5-15/h1-7,10-12,14H,8-9,13H2/b17-10-. The number of benzene rings is 2. The molecule has 1 aliphatic heterocycles. The highest BCUT2D eigenvalue weighted by molar-refractivity contribution is 6.13. The van der Waals surface area contributed by atoms with E-state index in [2.05, 4.69) is 5.10 Å². The van der Waals surface area contributed by atoms with E-state index in [1.54, 1.807) is 12.3 Å². The average Bonchev–Trinajstić information content (AvgIpc) is 3.02. The third kappa shape index (κ3) is 3.42. The van der Waals surface area contributed by atoms with Crippen LogP contribution in [0.25, 0.3) is 6.08 Å². The predicted molar refractivity (Wildman–Crippen MR) is 96.6 cm³/mol. The Morgan fingerprint density at radius 2 is 2.04 bits per heavy atom. The minimum absolute atomic E-state index is 0.201. The van der Waals surface area contributed by atoms with Crippen molar-refractivity contribution in [3.8, 4) is 5.75 Å². The molecule has 0 saturated heterocycles. The van der Waals surface area contributed by atoms with E-state index in [-0.39, 0.29) is 11.3 Å². The summed E-state index contributed by atoms with van der Waals surface area (Å²) in [6.45, 7) is 1.05. The molecule has 2 heterocycles. The molecule has 2 aromatic carbocycles.